The Kier molecular flexibility index (Phi) is 7.52. The summed E-state index contributed by atoms with van der Waals surface area (Å²) in [6.07, 6.45) is 7.97. The number of halogens is 3. The van der Waals surface area contributed by atoms with Gasteiger partial charge in [-0.15, -0.1) is 0 Å². The average molecular weight is 500 g/mol. The molecule has 4 rings (SSSR count). The van der Waals surface area contributed by atoms with Crippen LogP contribution in [-0.2, 0) is 4.84 Å². The van der Waals surface area contributed by atoms with Crippen molar-refractivity contribution < 1.29 is 9.57 Å². The molecule has 4 aromatic rings. The van der Waals surface area contributed by atoms with Gasteiger partial charge in [0.05, 0.1) is 11.9 Å². The lowest BCUT2D eigenvalue weighted by Crippen LogP contribution is -2.10. The fourth-order valence-electron chi connectivity index (χ4n) is 2.76. The van der Waals surface area contributed by atoms with Gasteiger partial charge in [-0.25, -0.2) is 15.1 Å². The van der Waals surface area contributed by atoms with E-state index in [1.54, 1.807) is 65.7 Å². The molecule has 0 saturated heterocycles. The third-order valence-electron chi connectivity index (χ3n) is 4.36. The van der Waals surface area contributed by atoms with Crippen LogP contribution in [-0.4, -0.2) is 14.8 Å². The van der Waals surface area contributed by atoms with Gasteiger partial charge in [0.1, 0.15) is 30.4 Å². The number of hydrogen-bond donors (Lipinski definition) is 1. The van der Waals surface area contributed by atoms with Crippen molar-refractivity contribution in [3.05, 3.63) is 112 Å². The van der Waals surface area contributed by atoms with Crippen LogP contribution in [0.4, 0.5) is 0 Å². The van der Waals surface area contributed by atoms with Gasteiger partial charge >= 0.3 is 0 Å². The van der Waals surface area contributed by atoms with E-state index in [1.807, 2.05) is 24.3 Å². The van der Waals surface area contributed by atoms with Gasteiger partial charge in [0.25, 0.3) is 0 Å². The predicted octanol–water partition coefficient (Wildman–Crippen LogP) is 7.18. The average Bonchev–Trinajstić information content (AvgIpc) is 3.32. The van der Waals surface area contributed by atoms with Gasteiger partial charge in [-0.05, 0) is 72.3 Å². The SMILES string of the molecule is Clc1ccc(Oc2ccc(C(=Cn3cncn3)NOC=Cc3ccc(Cl)cc3Cl)cc2)cc1. The number of nitrogens with zero attached hydrogens (tertiary/aromatic N) is 3. The number of rotatable bonds is 8. The van der Waals surface area contributed by atoms with Crippen LogP contribution in [0, 0.1) is 0 Å². The van der Waals surface area contributed by atoms with Crippen molar-refractivity contribution in [1.29, 1.82) is 0 Å². The highest BCUT2D eigenvalue weighted by Crippen LogP contribution is 2.25. The second-order valence-electron chi connectivity index (χ2n) is 6.69. The normalized spacial score (nSPS) is 11.5. The highest BCUT2D eigenvalue weighted by Gasteiger charge is 2.05. The smallest absolute Gasteiger partial charge is 0.138 e. The lowest BCUT2D eigenvalue weighted by molar-refractivity contribution is 0.187. The van der Waals surface area contributed by atoms with Crippen molar-refractivity contribution in [3.8, 4) is 11.5 Å². The topological polar surface area (TPSA) is 61.2 Å². The van der Waals surface area contributed by atoms with Crippen LogP contribution in [0.2, 0.25) is 15.1 Å². The maximum absolute atomic E-state index is 6.18. The van der Waals surface area contributed by atoms with E-state index in [0.29, 0.717) is 32.3 Å². The number of ether oxygens (including phenoxy) is 1. The van der Waals surface area contributed by atoms with E-state index in [9.17, 15) is 0 Å². The zero-order valence-corrected chi connectivity index (χ0v) is 19.3. The molecular formula is C24H17Cl3N4O2. The summed E-state index contributed by atoms with van der Waals surface area (Å²) >= 11 is 18.0. The van der Waals surface area contributed by atoms with E-state index >= 15 is 0 Å². The Balaban J connectivity index is 1.47. The molecule has 0 atom stereocenters. The summed E-state index contributed by atoms with van der Waals surface area (Å²) in [6.45, 7) is 0. The standard InChI is InChI=1S/C24H17Cl3N4O2/c25-19-5-9-22(10-6-19)33-21-7-2-18(3-8-21)24(14-31-16-28-15-29-31)30-32-12-11-17-1-4-20(26)13-23(17)27/h1-16,30H. The lowest BCUT2D eigenvalue weighted by Gasteiger charge is -2.11. The summed E-state index contributed by atoms with van der Waals surface area (Å²) in [5.74, 6) is 1.37. The Bertz CT molecular complexity index is 1260. The van der Waals surface area contributed by atoms with Gasteiger partial charge < -0.3 is 9.57 Å². The quantitative estimate of drug-likeness (QED) is 0.205. The van der Waals surface area contributed by atoms with E-state index in [0.717, 1.165) is 11.1 Å². The first-order valence-corrected chi connectivity index (χ1v) is 10.8. The fourth-order valence-corrected chi connectivity index (χ4v) is 3.36. The van der Waals surface area contributed by atoms with Gasteiger partial charge in [0, 0.05) is 20.6 Å². The monoisotopic (exact) mass is 498 g/mol. The zero-order chi connectivity index (χ0) is 23.0. The summed E-state index contributed by atoms with van der Waals surface area (Å²) in [6, 6.07) is 19.9. The molecule has 33 heavy (non-hydrogen) atoms. The summed E-state index contributed by atoms with van der Waals surface area (Å²) in [4.78, 5) is 9.49. The molecule has 0 aliphatic heterocycles. The van der Waals surface area contributed by atoms with Crippen LogP contribution in [0.25, 0.3) is 18.0 Å². The highest BCUT2D eigenvalue weighted by atomic mass is 35.5. The minimum Gasteiger partial charge on any atom is -0.457 e. The first-order valence-electron chi connectivity index (χ1n) is 9.70. The first kappa shape index (κ1) is 22.7. The van der Waals surface area contributed by atoms with E-state index in [4.69, 9.17) is 44.4 Å². The molecule has 0 bridgehead atoms. The van der Waals surface area contributed by atoms with Crippen molar-refractivity contribution >= 4 is 52.8 Å². The van der Waals surface area contributed by atoms with Crippen molar-refractivity contribution in [3.63, 3.8) is 0 Å². The van der Waals surface area contributed by atoms with Gasteiger partial charge in [0.15, 0.2) is 0 Å². The fraction of sp³-hybridized carbons (Fsp3) is 0. The Morgan fingerprint density at radius 2 is 1.58 bits per heavy atom. The molecule has 0 spiro atoms. The minimum atomic E-state index is 0.525. The third-order valence-corrected chi connectivity index (χ3v) is 5.17. The molecular weight excluding hydrogens is 483 g/mol. The zero-order valence-electron chi connectivity index (χ0n) is 17.0. The van der Waals surface area contributed by atoms with Crippen LogP contribution in [0.15, 0.2) is 85.6 Å². The van der Waals surface area contributed by atoms with Crippen LogP contribution in [0.3, 0.4) is 0 Å². The molecule has 0 unspecified atom stereocenters. The van der Waals surface area contributed by atoms with E-state index in [-0.39, 0.29) is 0 Å². The summed E-state index contributed by atoms with van der Waals surface area (Å²) in [5, 5.41) is 5.85. The number of hydrogen-bond acceptors (Lipinski definition) is 5. The van der Waals surface area contributed by atoms with Gasteiger partial charge in [-0.2, -0.15) is 5.10 Å². The Morgan fingerprint density at radius 3 is 2.24 bits per heavy atom. The molecule has 1 N–H and O–H groups in total. The molecule has 0 radical (unpaired) electrons. The second-order valence-corrected chi connectivity index (χ2v) is 7.97. The van der Waals surface area contributed by atoms with Crippen LogP contribution >= 0.6 is 34.8 Å². The molecule has 0 saturated carbocycles. The van der Waals surface area contributed by atoms with E-state index in [1.165, 1.54) is 12.6 Å². The van der Waals surface area contributed by atoms with Gasteiger partial charge in [0.2, 0.25) is 0 Å². The second kappa shape index (κ2) is 10.9. The largest absolute Gasteiger partial charge is 0.457 e. The molecule has 3 aromatic carbocycles. The Morgan fingerprint density at radius 1 is 0.879 bits per heavy atom. The molecule has 6 nitrogen and oxygen atoms in total. The van der Waals surface area contributed by atoms with Crippen molar-refractivity contribution in [1.82, 2.24) is 20.2 Å². The van der Waals surface area contributed by atoms with Crippen molar-refractivity contribution in [2.75, 3.05) is 0 Å². The van der Waals surface area contributed by atoms with E-state index in [2.05, 4.69) is 15.6 Å². The number of aromatic nitrogens is 3. The lowest BCUT2D eigenvalue weighted by atomic mass is 10.1. The number of hydroxylamine groups is 1. The van der Waals surface area contributed by atoms with Gasteiger partial charge in [-0.1, -0.05) is 40.9 Å². The molecule has 0 fully saturated rings. The molecule has 166 valence electrons. The summed E-state index contributed by atoms with van der Waals surface area (Å²) in [7, 11) is 0. The molecule has 1 heterocycles. The highest BCUT2D eigenvalue weighted by molar-refractivity contribution is 6.35. The van der Waals surface area contributed by atoms with Crippen LogP contribution in [0.1, 0.15) is 11.1 Å². The Hall–Kier alpha value is -3.45. The van der Waals surface area contributed by atoms with Crippen LogP contribution in [0.5, 0.6) is 11.5 Å². The minimum absolute atomic E-state index is 0.525. The van der Waals surface area contributed by atoms with Gasteiger partial charge in [-0.3, -0.25) is 0 Å². The van der Waals surface area contributed by atoms with Crippen LogP contribution < -0.4 is 10.2 Å². The third kappa shape index (κ3) is 6.52. The predicted molar refractivity (Wildman–Crippen MR) is 132 cm³/mol. The maximum atomic E-state index is 6.18. The Labute approximate surface area is 205 Å². The molecule has 0 aliphatic carbocycles. The molecule has 0 aliphatic rings. The number of benzene rings is 3. The molecule has 1 aromatic heterocycles. The maximum Gasteiger partial charge on any atom is 0.138 e. The molecule has 9 heteroatoms. The summed E-state index contributed by atoms with van der Waals surface area (Å²) in [5.41, 5.74) is 5.17. The van der Waals surface area contributed by atoms with Crippen molar-refractivity contribution in [2.45, 2.75) is 0 Å². The van der Waals surface area contributed by atoms with Crippen molar-refractivity contribution in [2.24, 2.45) is 0 Å². The molecule has 0 amide bonds. The summed E-state index contributed by atoms with van der Waals surface area (Å²) < 4.78 is 7.41. The van der Waals surface area contributed by atoms with E-state index < -0.39 is 0 Å². The first-order chi connectivity index (χ1) is 16.1. The number of nitrogens with one attached hydrogen (secondary N) is 1.